The minimum absolute atomic E-state index is 0.225. The predicted molar refractivity (Wildman–Crippen MR) is 87.7 cm³/mol. The highest BCUT2D eigenvalue weighted by atomic mass is 35.5. The zero-order valence-electron chi connectivity index (χ0n) is 12.0. The molecule has 0 heterocycles. The third-order valence-electron chi connectivity index (χ3n) is 3.09. The monoisotopic (exact) mass is 325 g/mol. The molecule has 0 amide bonds. The molecule has 0 saturated carbocycles. The van der Waals surface area contributed by atoms with Gasteiger partial charge in [0.2, 0.25) is 0 Å². The molecule has 112 valence electrons. The molecule has 0 aliphatic carbocycles. The summed E-state index contributed by atoms with van der Waals surface area (Å²) in [7, 11) is -0.954. The maximum absolute atomic E-state index is 13.7. The lowest BCUT2D eigenvalue weighted by molar-refractivity contribution is 0.612. The molecule has 21 heavy (non-hydrogen) atoms. The molecule has 1 N–H and O–H groups in total. The van der Waals surface area contributed by atoms with E-state index in [0.29, 0.717) is 22.9 Å². The van der Waals surface area contributed by atoms with E-state index < -0.39 is 10.8 Å². The summed E-state index contributed by atoms with van der Waals surface area (Å²) in [5.41, 5.74) is 3.30. The van der Waals surface area contributed by atoms with Gasteiger partial charge in [-0.1, -0.05) is 29.3 Å². The molecule has 5 heteroatoms. The van der Waals surface area contributed by atoms with Crippen LogP contribution in [0.3, 0.4) is 0 Å². The summed E-state index contributed by atoms with van der Waals surface area (Å²) >= 11 is 6.08. The SMILES string of the molecule is Cc1ccc(F)c(CNc2ccc(Cl)c(C[S@](C)=O)c2)c1. The highest BCUT2D eigenvalue weighted by molar-refractivity contribution is 7.83. The zero-order valence-corrected chi connectivity index (χ0v) is 13.5. The van der Waals surface area contributed by atoms with Crippen molar-refractivity contribution >= 4 is 28.1 Å². The van der Waals surface area contributed by atoms with E-state index in [4.69, 9.17) is 11.6 Å². The van der Waals surface area contributed by atoms with E-state index in [1.807, 2.05) is 25.1 Å². The Bertz CT molecular complexity index is 675. The average Bonchev–Trinajstić information content (AvgIpc) is 2.42. The average molecular weight is 326 g/mol. The van der Waals surface area contributed by atoms with Crippen LogP contribution in [0.4, 0.5) is 10.1 Å². The van der Waals surface area contributed by atoms with Gasteiger partial charge in [-0.25, -0.2) is 4.39 Å². The van der Waals surface area contributed by atoms with Crippen molar-refractivity contribution in [2.24, 2.45) is 0 Å². The summed E-state index contributed by atoms with van der Waals surface area (Å²) in [5, 5.41) is 3.77. The van der Waals surface area contributed by atoms with E-state index in [2.05, 4.69) is 5.32 Å². The van der Waals surface area contributed by atoms with Crippen LogP contribution in [0.5, 0.6) is 0 Å². The molecule has 2 nitrogen and oxygen atoms in total. The second kappa shape index (κ2) is 7.05. The first-order valence-corrected chi connectivity index (χ1v) is 8.63. The number of nitrogens with one attached hydrogen (secondary N) is 1. The van der Waals surface area contributed by atoms with Gasteiger partial charge in [0.05, 0.1) is 0 Å². The van der Waals surface area contributed by atoms with Gasteiger partial charge in [-0.3, -0.25) is 4.21 Å². The lowest BCUT2D eigenvalue weighted by Gasteiger charge is -2.10. The van der Waals surface area contributed by atoms with E-state index in [1.165, 1.54) is 6.07 Å². The molecular formula is C16H17ClFNOS. The van der Waals surface area contributed by atoms with Crippen molar-refractivity contribution in [2.75, 3.05) is 11.6 Å². The van der Waals surface area contributed by atoms with Crippen LogP contribution in [0.2, 0.25) is 5.02 Å². The van der Waals surface area contributed by atoms with Gasteiger partial charge in [-0.15, -0.1) is 0 Å². The molecule has 0 saturated heterocycles. The third kappa shape index (κ3) is 4.55. The molecule has 0 fully saturated rings. The van der Waals surface area contributed by atoms with Crippen molar-refractivity contribution in [1.82, 2.24) is 0 Å². The molecule has 0 aliphatic heterocycles. The molecule has 2 aromatic carbocycles. The second-order valence-corrected chi connectivity index (χ2v) is 6.81. The fourth-order valence-electron chi connectivity index (χ4n) is 2.05. The van der Waals surface area contributed by atoms with Crippen LogP contribution in [0.15, 0.2) is 36.4 Å². The summed E-state index contributed by atoms with van der Waals surface area (Å²) in [6.45, 7) is 2.32. The first-order valence-electron chi connectivity index (χ1n) is 6.53. The number of aryl methyl sites for hydroxylation is 1. The van der Waals surface area contributed by atoms with Gasteiger partial charge >= 0.3 is 0 Å². The van der Waals surface area contributed by atoms with Crippen molar-refractivity contribution in [1.29, 1.82) is 0 Å². The number of anilines is 1. The Kier molecular flexibility index (Phi) is 5.37. The maximum Gasteiger partial charge on any atom is 0.128 e. The molecule has 0 bridgehead atoms. The highest BCUT2D eigenvalue weighted by Gasteiger charge is 2.06. The number of hydrogen-bond acceptors (Lipinski definition) is 2. The van der Waals surface area contributed by atoms with Gasteiger partial charge < -0.3 is 5.32 Å². The minimum atomic E-state index is -0.954. The molecule has 1 atom stereocenters. The largest absolute Gasteiger partial charge is 0.381 e. The number of hydrogen-bond donors (Lipinski definition) is 1. The second-order valence-electron chi connectivity index (χ2n) is 4.97. The maximum atomic E-state index is 13.7. The lowest BCUT2D eigenvalue weighted by atomic mass is 10.1. The third-order valence-corrected chi connectivity index (χ3v) is 4.17. The molecule has 2 rings (SSSR count). The molecule has 0 spiro atoms. The van der Waals surface area contributed by atoms with Crippen molar-refractivity contribution in [3.8, 4) is 0 Å². The van der Waals surface area contributed by atoms with Crippen LogP contribution in [-0.2, 0) is 23.1 Å². The Hall–Kier alpha value is -1.39. The number of benzene rings is 2. The van der Waals surface area contributed by atoms with Crippen molar-refractivity contribution in [3.05, 3.63) is 63.9 Å². The molecule has 2 aromatic rings. The molecular weight excluding hydrogens is 309 g/mol. The Morgan fingerprint density at radius 1 is 1.19 bits per heavy atom. The smallest absolute Gasteiger partial charge is 0.128 e. The van der Waals surface area contributed by atoms with Crippen LogP contribution >= 0.6 is 11.6 Å². The van der Waals surface area contributed by atoms with Gasteiger partial charge in [0.25, 0.3) is 0 Å². The first-order chi connectivity index (χ1) is 9.95. The normalized spacial score (nSPS) is 12.2. The molecule has 0 radical (unpaired) electrons. The van der Waals surface area contributed by atoms with Crippen molar-refractivity contribution in [3.63, 3.8) is 0 Å². The topological polar surface area (TPSA) is 29.1 Å². The molecule has 0 aliphatic rings. The van der Waals surface area contributed by atoms with E-state index in [-0.39, 0.29) is 5.82 Å². The van der Waals surface area contributed by atoms with Crippen molar-refractivity contribution < 1.29 is 8.60 Å². The Morgan fingerprint density at radius 2 is 1.95 bits per heavy atom. The molecule has 0 aromatic heterocycles. The van der Waals surface area contributed by atoms with E-state index >= 15 is 0 Å². The van der Waals surface area contributed by atoms with E-state index in [0.717, 1.165) is 16.8 Å². The van der Waals surface area contributed by atoms with Crippen LogP contribution in [0.1, 0.15) is 16.7 Å². The first kappa shape index (κ1) is 16.0. The van der Waals surface area contributed by atoms with Crippen molar-refractivity contribution in [2.45, 2.75) is 19.2 Å². The van der Waals surface area contributed by atoms with Gasteiger partial charge in [0.15, 0.2) is 0 Å². The van der Waals surface area contributed by atoms with Gasteiger partial charge in [0.1, 0.15) is 5.82 Å². The predicted octanol–water partition coefficient (Wildman–Crippen LogP) is 4.28. The Balaban J connectivity index is 2.13. The highest BCUT2D eigenvalue weighted by Crippen LogP contribution is 2.22. The summed E-state index contributed by atoms with van der Waals surface area (Å²) < 4.78 is 25.0. The lowest BCUT2D eigenvalue weighted by Crippen LogP contribution is -2.03. The number of halogens is 2. The quantitative estimate of drug-likeness (QED) is 0.889. The fraction of sp³-hybridized carbons (Fsp3) is 0.250. The van der Waals surface area contributed by atoms with E-state index in [9.17, 15) is 8.60 Å². The van der Waals surface area contributed by atoms with Crippen LogP contribution < -0.4 is 5.32 Å². The van der Waals surface area contributed by atoms with Gasteiger partial charge in [-0.05, 0) is 36.8 Å². The summed E-state index contributed by atoms with van der Waals surface area (Å²) in [6.07, 6.45) is 1.64. The fourth-order valence-corrected chi connectivity index (χ4v) is 2.99. The van der Waals surface area contributed by atoms with Crippen LogP contribution in [-0.4, -0.2) is 10.5 Å². The molecule has 0 unspecified atom stereocenters. The van der Waals surface area contributed by atoms with E-state index in [1.54, 1.807) is 18.4 Å². The minimum Gasteiger partial charge on any atom is -0.381 e. The van der Waals surface area contributed by atoms with Crippen LogP contribution in [0, 0.1) is 12.7 Å². The standard InChI is InChI=1S/C16H17ClFNOS/c1-11-3-6-16(18)12(7-11)9-19-14-4-5-15(17)13(8-14)10-21(2)20/h3-8,19H,9-10H2,1-2H3/t21-/m0/s1. The van der Waals surface area contributed by atoms with Gasteiger partial charge in [-0.2, -0.15) is 0 Å². The number of rotatable bonds is 5. The Labute approximate surface area is 131 Å². The zero-order chi connectivity index (χ0) is 15.4. The summed E-state index contributed by atoms with van der Waals surface area (Å²) in [6, 6.07) is 10.5. The van der Waals surface area contributed by atoms with Crippen LogP contribution in [0.25, 0.3) is 0 Å². The Morgan fingerprint density at radius 3 is 2.67 bits per heavy atom. The van der Waals surface area contributed by atoms with Gasteiger partial charge in [0, 0.05) is 45.6 Å². The summed E-state index contributed by atoms with van der Waals surface area (Å²) in [5.74, 6) is 0.185. The summed E-state index contributed by atoms with van der Waals surface area (Å²) in [4.78, 5) is 0.